The Morgan fingerprint density at radius 2 is 1.88 bits per heavy atom. The highest BCUT2D eigenvalue weighted by molar-refractivity contribution is 7.16. The number of aromatic nitrogens is 1. The van der Waals surface area contributed by atoms with E-state index in [1.165, 1.54) is 11.1 Å². The van der Waals surface area contributed by atoms with Gasteiger partial charge >= 0.3 is 0 Å². The van der Waals surface area contributed by atoms with Crippen LogP contribution in [-0.2, 0) is 11.3 Å². The van der Waals surface area contributed by atoms with Gasteiger partial charge in [0, 0.05) is 19.2 Å². The third-order valence-corrected chi connectivity index (χ3v) is 5.08. The van der Waals surface area contributed by atoms with Gasteiger partial charge in [-0.2, -0.15) is 4.99 Å². The van der Waals surface area contributed by atoms with Crippen molar-refractivity contribution in [3.8, 4) is 0 Å². The van der Waals surface area contributed by atoms with E-state index in [1.807, 2.05) is 18.2 Å². The van der Waals surface area contributed by atoms with Gasteiger partial charge in [-0.25, -0.2) is 0 Å². The molecule has 0 saturated heterocycles. The van der Waals surface area contributed by atoms with E-state index in [-0.39, 0.29) is 5.91 Å². The SMILES string of the molecule is COCCn1c(=NC(=O)c2ccccc2)sc2cc(C)c(C)cc21. The number of thiazole rings is 1. The second-order valence-corrected chi connectivity index (χ2v) is 6.73. The van der Waals surface area contributed by atoms with Gasteiger partial charge in [-0.1, -0.05) is 29.5 Å². The summed E-state index contributed by atoms with van der Waals surface area (Å²) in [5, 5.41) is 0. The number of aryl methyl sites for hydroxylation is 2. The lowest BCUT2D eigenvalue weighted by Crippen LogP contribution is -2.19. The fourth-order valence-electron chi connectivity index (χ4n) is 2.54. The van der Waals surface area contributed by atoms with Crippen molar-refractivity contribution in [1.29, 1.82) is 0 Å². The van der Waals surface area contributed by atoms with E-state index >= 15 is 0 Å². The molecule has 0 fully saturated rings. The maximum atomic E-state index is 12.4. The van der Waals surface area contributed by atoms with Crippen molar-refractivity contribution in [2.75, 3.05) is 13.7 Å². The van der Waals surface area contributed by atoms with Crippen LogP contribution in [0.15, 0.2) is 47.5 Å². The summed E-state index contributed by atoms with van der Waals surface area (Å²) >= 11 is 1.54. The standard InChI is InChI=1S/C19H20N2O2S/c1-13-11-16-17(12-14(13)2)24-19(21(16)9-10-23-3)20-18(22)15-7-5-4-6-8-15/h4-8,11-12H,9-10H2,1-3H3. The molecule has 3 aromatic rings. The highest BCUT2D eigenvalue weighted by atomic mass is 32.1. The lowest BCUT2D eigenvalue weighted by Gasteiger charge is -2.06. The average molecular weight is 340 g/mol. The number of methoxy groups -OCH3 is 1. The molecule has 24 heavy (non-hydrogen) atoms. The first-order valence-electron chi connectivity index (χ1n) is 7.84. The molecule has 0 saturated carbocycles. The Morgan fingerprint density at radius 1 is 1.17 bits per heavy atom. The molecule has 0 N–H and O–H groups in total. The van der Waals surface area contributed by atoms with Crippen LogP contribution in [0, 0.1) is 13.8 Å². The molecule has 0 aliphatic heterocycles. The zero-order chi connectivity index (χ0) is 17.1. The molecule has 0 unspecified atom stereocenters. The van der Waals surface area contributed by atoms with Crippen LogP contribution in [0.3, 0.4) is 0 Å². The minimum Gasteiger partial charge on any atom is -0.383 e. The van der Waals surface area contributed by atoms with E-state index in [1.54, 1.807) is 30.6 Å². The van der Waals surface area contributed by atoms with Gasteiger partial charge in [0.15, 0.2) is 4.80 Å². The number of hydrogen-bond acceptors (Lipinski definition) is 3. The van der Waals surface area contributed by atoms with Gasteiger partial charge in [-0.3, -0.25) is 4.79 Å². The molecule has 1 heterocycles. The summed E-state index contributed by atoms with van der Waals surface area (Å²) in [7, 11) is 1.68. The Morgan fingerprint density at radius 3 is 2.58 bits per heavy atom. The highest BCUT2D eigenvalue weighted by Gasteiger charge is 2.10. The summed E-state index contributed by atoms with van der Waals surface area (Å²) < 4.78 is 8.42. The minimum atomic E-state index is -0.221. The molecule has 5 heteroatoms. The molecule has 2 aromatic carbocycles. The first-order valence-corrected chi connectivity index (χ1v) is 8.65. The number of rotatable bonds is 4. The van der Waals surface area contributed by atoms with Crippen molar-refractivity contribution in [3.63, 3.8) is 0 Å². The van der Waals surface area contributed by atoms with Gasteiger partial charge in [0.25, 0.3) is 5.91 Å². The largest absolute Gasteiger partial charge is 0.383 e. The van der Waals surface area contributed by atoms with E-state index in [4.69, 9.17) is 4.74 Å². The molecule has 0 aliphatic rings. The van der Waals surface area contributed by atoms with Crippen molar-refractivity contribution in [1.82, 2.24) is 4.57 Å². The quantitative estimate of drug-likeness (QED) is 0.727. The van der Waals surface area contributed by atoms with E-state index in [2.05, 4.69) is 35.5 Å². The van der Waals surface area contributed by atoms with Gasteiger partial charge in [0.1, 0.15) is 0 Å². The monoisotopic (exact) mass is 340 g/mol. The summed E-state index contributed by atoms with van der Waals surface area (Å²) in [6.45, 7) is 5.43. The van der Waals surface area contributed by atoms with Crippen molar-refractivity contribution in [2.45, 2.75) is 20.4 Å². The lowest BCUT2D eigenvalue weighted by molar-refractivity contribution is 0.0997. The number of hydrogen-bond donors (Lipinski definition) is 0. The summed E-state index contributed by atoms with van der Waals surface area (Å²) in [6, 6.07) is 13.5. The molecule has 0 atom stereocenters. The lowest BCUT2D eigenvalue weighted by atomic mass is 10.1. The molecule has 0 spiro atoms. The van der Waals surface area contributed by atoms with Crippen LogP contribution >= 0.6 is 11.3 Å². The van der Waals surface area contributed by atoms with Crippen LogP contribution in [-0.4, -0.2) is 24.2 Å². The number of ether oxygens (including phenoxy) is 1. The van der Waals surface area contributed by atoms with E-state index in [0.29, 0.717) is 23.5 Å². The van der Waals surface area contributed by atoms with Crippen molar-refractivity contribution < 1.29 is 9.53 Å². The van der Waals surface area contributed by atoms with Crippen LogP contribution in [0.25, 0.3) is 10.2 Å². The smallest absolute Gasteiger partial charge is 0.279 e. The number of amides is 1. The zero-order valence-electron chi connectivity index (χ0n) is 14.1. The number of benzene rings is 2. The third kappa shape index (κ3) is 3.32. The Hall–Kier alpha value is -2.24. The second kappa shape index (κ2) is 7.11. The normalized spacial score (nSPS) is 12.0. The second-order valence-electron chi connectivity index (χ2n) is 5.72. The molecule has 3 rings (SSSR count). The summed E-state index contributed by atoms with van der Waals surface area (Å²) in [5.74, 6) is -0.221. The fraction of sp³-hybridized carbons (Fsp3) is 0.263. The highest BCUT2D eigenvalue weighted by Crippen LogP contribution is 2.22. The Kier molecular flexibility index (Phi) is 4.92. The first kappa shape index (κ1) is 16.6. The molecule has 1 aromatic heterocycles. The predicted molar refractivity (Wildman–Crippen MR) is 97.5 cm³/mol. The average Bonchev–Trinajstić information content (AvgIpc) is 2.90. The Labute approximate surface area is 145 Å². The predicted octanol–water partition coefficient (Wildman–Crippen LogP) is 3.71. The molecule has 1 amide bonds. The summed E-state index contributed by atoms with van der Waals surface area (Å²) in [4.78, 5) is 17.5. The van der Waals surface area contributed by atoms with Gasteiger partial charge in [-0.15, -0.1) is 0 Å². The van der Waals surface area contributed by atoms with Crippen LogP contribution in [0.5, 0.6) is 0 Å². The van der Waals surface area contributed by atoms with Crippen molar-refractivity contribution in [3.05, 3.63) is 64.0 Å². The fourth-order valence-corrected chi connectivity index (χ4v) is 3.67. The van der Waals surface area contributed by atoms with Gasteiger partial charge in [0.05, 0.1) is 16.8 Å². The van der Waals surface area contributed by atoms with Crippen molar-refractivity contribution >= 4 is 27.5 Å². The maximum absolute atomic E-state index is 12.4. The maximum Gasteiger partial charge on any atom is 0.279 e. The van der Waals surface area contributed by atoms with E-state index in [0.717, 1.165) is 10.2 Å². The Balaban J connectivity index is 2.15. The zero-order valence-corrected chi connectivity index (χ0v) is 14.9. The van der Waals surface area contributed by atoms with Gasteiger partial charge < -0.3 is 9.30 Å². The first-order chi connectivity index (χ1) is 11.6. The minimum absolute atomic E-state index is 0.221. The number of carbonyl (C=O) groups is 1. The molecular formula is C19H20N2O2S. The molecule has 0 aliphatic carbocycles. The molecular weight excluding hydrogens is 320 g/mol. The number of carbonyl (C=O) groups excluding carboxylic acids is 1. The van der Waals surface area contributed by atoms with Crippen LogP contribution in [0.4, 0.5) is 0 Å². The van der Waals surface area contributed by atoms with Crippen LogP contribution < -0.4 is 4.80 Å². The van der Waals surface area contributed by atoms with Crippen LogP contribution in [0.1, 0.15) is 21.5 Å². The topological polar surface area (TPSA) is 43.6 Å². The van der Waals surface area contributed by atoms with Gasteiger partial charge in [-0.05, 0) is 49.2 Å². The molecule has 4 nitrogen and oxygen atoms in total. The molecule has 0 radical (unpaired) electrons. The molecule has 124 valence electrons. The van der Waals surface area contributed by atoms with Crippen LogP contribution in [0.2, 0.25) is 0 Å². The van der Waals surface area contributed by atoms with Gasteiger partial charge in [0.2, 0.25) is 0 Å². The number of fused-ring (bicyclic) bond motifs is 1. The molecule has 0 bridgehead atoms. The van der Waals surface area contributed by atoms with E-state index in [9.17, 15) is 4.79 Å². The third-order valence-electron chi connectivity index (χ3n) is 4.04. The number of nitrogens with zero attached hydrogens (tertiary/aromatic N) is 2. The summed E-state index contributed by atoms with van der Waals surface area (Å²) in [6.07, 6.45) is 0. The van der Waals surface area contributed by atoms with Crippen molar-refractivity contribution in [2.24, 2.45) is 4.99 Å². The van der Waals surface area contributed by atoms with E-state index < -0.39 is 0 Å². The summed E-state index contributed by atoms with van der Waals surface area (Å²) in [5.41, 5.74) is 4.16. The Bertz CT molecular complexity index is 939.